The molecule has 1 aromatic rings. The fourth-order valence-electron chi connectivity index (χ4n) is 2.32. The molecule has 1 aliphatic rings. The van der Waals surface area contributed by atoms with Crippen molar-refractivity contribution in [1.29, 1.82) is 0 Å². The number of nitro benzene ring substituents is 1. The van der Waals surface area contributed by atoms with Gasteiger partial charge in [-0.3, -0.25) is 10.1 Å². The maximum atomic E-state index is 11.9. The third kappa shape index (κ3) is 4.63. The van der Waals surface area contributed by atoms with Crippen LogP contribution in [-0.4, -0.2) is 29.2 Å². The Labute approximate surface area is 135 Å². The zero-order chi connectivity index (χ0) is 17.0. The van der Waals surface area contributed by atoms with Crippen LogP contribution in [0.1, 0.15) is 44.0 Å². The molecule has 0 aromatic heterocycles. The van der Waals surface area contributed by atoms with E-state index in [1.54, 1.807) is 0 Å². The molecule has 0 saturated carbocycles. The van der Waals surface area contributed by atoms with E-state index in [4.69, 9.17) is 9.47 Å². The lowest BCUT2D eigenvalue weighted by atomic mass is 10.0. The first kappa shape index (κ1) is 17.1. The number of carbonyl (C=O) groups is 1. The van der Waals surface area contributed by atoms with Gasteiger partial charge in [0.1, 0.15) is 12.7 Å². The van der Waals surface area contributed by atoms with Crippen molar-refractivity contribution in [1.82, 2.24) is 0 Å². The van der Waals surface area contributed by atoms with Gasteiger partial charge in [0.25, 0.3) is 5.69 Å². The van der Waals surface area contributed by atoms with Crippen LogP contribution in [-0.2, 0) is 9.47 Å². The molecule has 6 nitrogen and oxygen atoms in total. The van der Waals surface area contributed by atoms with Crippen LogP contribution in [0.5, 0.6) is 0 Å². The van der Waals surface area contributed by atoms with Gasteiger partial charge < -0.3 is 9.47 Å². The third-order valence-electron chi connectivity index (χ3n) is 3.91. The summed E-state index contributed by atoms with van der Waals surface area (Å²) in [5.41, 5.74) is 1.28. The molecule has 0 spiro atoms. The average Bonchev–Trinajstić information content (AvgIpc) is 3.15. The minimum Gasteiger partial charge on any atom is -0.459 e. The number of nitro groups is 1. The standard InChI is InChI=1S/C17H21NO5/c1-12(2)5-4-10-17(3)15(23-17)11-22-16(19)13-6-8-14(9-7-13)18(20)21/h5-9,15H,4,10-11H2,1-3H3. The zero-order valence-corrected chi connectivity index (χ0v) is 13.6. The highest BCUT2D eigenvalue weighted by atomic mass is 16.6. The van der Waals surface area contributed by atoms with Gasteiger partial charge in [0.05, 0.1) is 16.1 Å². The van der Waals surface area contributed by atoms with Gasteiger partial charge in [0.15, 0.2) is 0 Å². The van der Waals surface area contributed by atoms with Gasteiger partial charge in [0, 0.05) is 12.1 Å². The fraction of sp³-hybridized carbons (Fsp3) is 0.471. The number of ether oxygens (including phenoxy) is 2. The largest absolute Gasteiger partial charge is 0.459 e. The number of hydrogen-bond acceptors (Lipinski definition) is 5. The average molecular weight is 319 g/mol. The summed E-state index contributed by atoms with van der Waals surface area (Å²) in [6.45, 7) is 6.32. The Hall–Kier alpha value is -2.21. The van der Waals surface area contributed by atoms with Gasteiger partial charge >= 0.3 is 5.97 Å². The van der Waals surface area contributed by atoms with Crippen molar-refractivity contribution >= 4 is 11.7 Å². The molecule has 6 heteroatoms. The normalized spacial score (nSPS) is 22.3. The molecule has 0 bridgehead atoms. The Bertz CT molecular complexity index is 618. The summed E-state index contributed by atoms with van der Waals surface area (Å²) in [7, 11) is 0. The first-order valence-corrected chi connectivity index (χ1v) is 7.54. The molecular weight excluding hydrogens is 298 g/mol. The molecule has 1 aliphatic heterocycles. The summed E-state index contributed by atoms with van der Waals surface area (Å²) >= 11 is 0. The summed E-state index contributed by atoms with van der Waals surface area (Å²) < 4.78 is 10.9. The maximum Gasteiger partial charge on any atom is 0.338 e. The quantitative estimate of drug-likeness (QED) is 0.252. The molecule has 1 saturated heterocycles. The minimum atomic E-state index is -0.509. The second-order valence-corrected chi connectivity index (χ2v) is 6.14. The van der Waals surface area contributed by atoms with Crippen LogP contribution in [0, 0.1) is 10.1 Å². The van der Waals surface area contributed by atoms with E-state index in [9.17, 15) is 14.9 Å². The van der Waals surface area contributed by atoms with Crippen LogP contribution in [0.15, 0.2) is 35.9 Å². The van der Waals surface area contributed by atoms with E-state index in [0.29, 0.717) is 5.56 Å². The number of benzene rings is 1. The van der Waals surface area contributed by atoms with E-state index in [1.807, 2.05) is 6.92 Å². The van der Waals surface area contributed by atoms with Gasteiger partial charge in [-0.2, -0.15) is 0 Å². The number of carbonyl (C=O) groups excluding carboxylic acids is 1. The fourth-order valence-corrected chi connectivity index (χ4v) is 2.32. The molecule has 23 heavy (non-hydrogen) atoms. The first-order valence-electron chi connectivity index (χ1n) is 7.54. The highest BCUT2D eigenvalue weighted by molar-refractivity contribution is 5.89. The minimum absolute atomic E-state index is 0.0566. The second-order valence-electron chi connectivity index (χ2n) is 6.14. The number of allylic oxidation sites excluding steroid dienone is 2. The summed E-state index contributed by atoms with van der Waals surface area (Å²) in [6, 6.07) is 5.35. The number of hydrogen-bond donors (Lipinski definition) is 0. The van der Waals surface area contributed by atoms with Crippen LogP contribution in [0.3, 0.4) is 0 Å². The highest BCUT2D eigenvalue weighted by Crippen LogP contribution is 2.40. The predicted molar refractivity (Wildman–Crippen MR) is 85.3 cm³/mol. The Balaban J connectivity index is 1.79. The Morgan fingerprint density at radius 3 is 2.61 bits per heavy atom. The molecule has 1 fully saturated rings. The number of non-ortho nitro benzene ring substituents is 1. The van der Waals surface area contributed by atoms with E-state index in [2.05, 4.69) is 19.9 Å². The van der Waals surface area contributed by atoms with Crippen molar-refractivity contribution in [2.45, 2.75) is 45.3 Å². The summed E-state index contributed by atoms with van der Waals surface area (Å²) in [6.07, 6.45) is 3.89. The number of epoxide rings is 1. The van der Waals surface area contributed by atoms with E-state index in [1.165, 1.54) is 29.8 Å². The van der Waals surface area contributed by atoms with Crippen molar-refractivity contribution in [2.24, 2.45) is 0 Å². The highest BCUT2D eigenvalue weighted by Gasteiger charge is 2.52. The lowest BCUT2D eigenvalue weighted by Gasteiger charge is -2.06. The number of rotatable bonds is 7. The lowest BCUT2D eigenvalue weighted by molar-refractivity contribution is -0.384. The second kappa shape index (κ2) is 6.91. The molecule has 124 valence electrons. The summed E-state index contributed by atoms with van der Waals surface area (Å²) in [5, 5.41) is 10.6. The monoisotopic (exact) mass is 319 g/mol. The van der Waals surface area contributed by atoms with E-state index < -0.39 is 10.9 Å². The van der Waals surface area contributed by atoms with E-state index in [-0.39, 0.29) is 24.0 Å². The molecule has 0 aliphatic carbocycles. The van der Waals surface area contributed by atoms with E-state index in [0.717, 1.165) is 12.8 Å². The molecule has 0 N–H and O–H groups in total. The Morgan fingerprint density at radius 2 is 2.04 bits per heavy atom. The SMILES string of the molecule is CC(C)=CCCC1(C)OC1COC(=O)c1ccc([N+](=O)[O-])cc1. The third-order valence-corrected chi connectivity index (χ3v) is 3.91. The van der Waals surface area contributed by atoms with Crippen LogP contribution >= 0.6 is 0 Å². The van der Waals surface area contributed by atoms with Crippen molar-refractivity contribution in [2.75, 3.05) is 6.61 Å². The Morgan fingerprint density at radius 1 is 1.39 bits per heavy atom. The summed E-state index contributed by atoms with van der Waals surface area (Å²) in [5.74, 6) is -0.498. The topological polar surface area (TPSA) is 82.0 Å². The molecule has 2 atom stereocenters. The summed E-state index contributed by atoms with van der Waals surface area (Å²) in [4.78, 5) is 22.0. The van der Waals surface area contributed by atoms with Gasteiger partial charge in [-0.05, 0) is 45.7 Å². The molecule has 1 aromatic carbocycles. The first-order chi connectivity index (χ1) is 10.8. The van der Waals surface area contributed by atoms with Crippen LogP contribution in [0.2, 0.25) is 0 Å². The van der Waals surface area contributed by atoms with Gasteiger partial charge in [-0.15, -0.1) is 0 Å². The van der Waals surface area contributed by atoms with Crippen LogP contribution in [0.25, 0.3) is 0 Å². The van der Waals surface area contributed by atoms with Crippen molar-refractivity contribution < 1.29 is 19.2 Å². The van der Waals surface area contributed by atoms with Gasteiger partial charge in [-0.1, -0.05) is 11.6 Å². The molecule has 0 amide bonds. The smallest absolute Gasteiger partial charge is 0.338 e. The lowest BCUT2D eigenvalue weighted by Crippen LogP contribution is -2.17. The van der Waals surface area contributed by atoms with Crippen LogP contribution in [0.4, 0.5) is 5.69 Å². The molecule has 0 radical (unpaired) electrons. The van der Waals surface area contributed by atoms with Crippen molar-refractivity contribution in [3.05, 3.63) is 51.6 Å². The molecular formula is C17H21NO5. The van der Waals surface area contributed by atoms with Gasteiger partial charge in [0.2, 0.25) is 0 Å². The Kier molecular flexibility index (Phi) is 5.15. The maximum absolute atomic E-state index is 11.9. The zero-order valence-electron chi connectivity index (χ0n) is 13.6. The molecule has 1 heterocycles. The number of esters is 1. The molecule has 2 rings (SSSR count). The van der Waals surface area contributed by atoms with Crippen LogP contribution < -0.4 is 0 Å². The van der Waals surface area contributed by atoms with E-state index >= 15 is 0 Å². The molecule has 2 unspecified atom stereocenters. The predicted octanol–water partition coefficient (Wildman–Crippen LogP) is 3.66. The van der Waals surface area contributed by atoms with Crippen molar-refractivity contribution in [3.8, 4) is 0 Å². The number of nitrogens with zero attached hydrogens (tertiary/aromatic N) is 1. The van der Waals surface area contributed by atoms with Gasteiger partial charge in [-0.25, -0.2) is 4.79 Å². The van der Waals surface area contributed by atoms with Crippen molar-refractivity contribution in [3.63, 3.8) is 0 Å².